The van der Waals surface area contributed by atoms with E-state index in [0.29, 0.717) is 27.5 Å². The number of alkyl halides is 3. The molecule has 0 atom stereocenters. The van der Waals surface area contributed by atoms with Gasteiger partial charge in [-0.15, -0.1) is 0 Å². The van der Waals surface area contributed by atoms with E-state index in [1.165, 1.54) is 10.7 Å². The first-order chi connectivity index (χ1) is 11.8. The molecular weight excluding hydrogens is 359 g/mol. The number of hydrogen-bond acceptors (Lipinski definition) is 3. The van der Waals surface area contributed by atoms with Crippen molar-refractivity contribution in [3.05, 3.63) is 47.9 Å². The van der Waals surface area contributed by atoms with Gasteiger partial charge in [-0.3, -0.25) is 0 Å². The van der Waals surface area contributed by atoms with Crippen LogP contribution in [-0.2, 0) is 0 Å². The number of nitrogens with zero attached hydrogens (tertiary/aromatic N) is 3. The van der Waals surface area contributed by atoms with Crippen LogP contribution < -0.4 is 10.6 Å². The molecule has 130 valence electrons. The van der Waals surface area contributed by atoms with Crippen LogP contribution in [0.15, 0.2) is 42.9 Å². The zero-order valence-electron chi connectivity index (χ0n) is 12.5. The quantitative estimate of drug-likeness (QED) is 0.739. The molecule has 2 heterocycles. The third-order valence-corrected chi connectivity index (χ3v) is 3.40. The van der Waals surface area contributed by atoms with Gasteiger partial charge >= 0.3 is 12.2 Å². The van der Waals surface area contributed by atoms with E-state index in [4.69, 9.17) is 11.6 Å². The first-order valence-corrected chi connectivity index (χ1v) is 7.40. The second-order valence-corrected chi connectivity index (χ2v) is 5.54. The van der Waals surface area contributed by atoms with Crippen molar-refractivity contribution >= 4 is 29.0 Å². The van der Waals surface area contributed by atoms with Crippen LogP contribution in [0, 0.1) is 0 Å². The molecule has 0 aliphatic heterocycles. The highest BCUT2D eigenvalue weighted by molar-refractivity contribution is 6.30. The summed E-state index contributed by atoms with van der Waals surface area (Å²) in [6.45, 7) is -1.41. The fraction of sp³-hybridized carbons (Fsp3) is 0.133. The van der Waals surface area contributed by atoms with E-state index in [1.54, 1.807) is 42.0 Å². The van der Waals surface area contributed by atoms with Crippen LogP contribution in [-0.4, -0.2) is 33.4 Å². The van der Waals surface area contributed by atoms with Gasteiger partial charge in [0.25, 0.3) is 0 Å². The molecule has 0 unspecified atom stereocenters. The lowest BCUT2D eigenvalue weighted by atomic mass is 10.1. The summed E-state index contributed by atoms with van der Waals surface area (Å²) >= 11 is 5.86. The highest BCUT2D eigenvalue weighted by Gasteiger charge is 2.27. The van der Waals surface area contributed by atoms with E-state index in [-0.39, 0.29) is 0 Å². The minimum absolute atomic E-state index is 0.338. The molecule has 1 aromatic carbocycles. The average molecular weight is 370 g/mol. The molecule has 10 heteroatoms. The summed E-state index contributed by atoms with van der Waals surface area (Å²) in [5.74, 6) is 0. The summed E-state index contributed by atoms with van der Waals surface area (Å²) < 4.78 is 37.8. The van der Waals surface area contributed by atoms with Crippen molar-refractivity contribution in [3.63, 3.8) is 0 Å². The number of anilines is 1. The third-order valence-electron chi connectivity index (χ3n) is 3.21. The molecule has 25 heavy (non-hydrogen) atoms. The minimum atomic E-state index is -4.47. The fourth-order valence-electron chi connectivity index (χ4n) is 2.18. The van der Waals surface area contributed by atoms with Crippen molar-refractivity contribution in [1.82, 2.24) is 19.9 Å². The number of hydrogen-bond donors (Lipinski definition) is 2. The standard InChI is InChI=1S/C15H11ClF3N5O/c16-10-5-20-13-12(6-22-24(13)7-10)9-2-1-3-11(4-9)23-14(25)21-8-15(17,18)19/h1-7H,8H2,(H2,21,23,25). The predicted octanol–water partition coefficient (Wildman–Crippen LogP) is 3.73. The Labute approximate surface area is 144 Å². The topological polar surface area (TPSA) is 71.3 Å². The molecule has 6 nitrogen and oxygen atoms in total. The van der Waals surface area contributed by atoms with Crippen molar-refractivity contribution in [2.45, 2.75) is 6.18 Å². The second kappa shape index (κ2) is 6.60. The Bertz CT molecular complexity index is 925. The van der Waals surface area contributed by atoms with Gasteiger partial charge in [0.05, 0.1) is 17.4 Å². The van der Waals surface area contributed by atoms with Crippen molar-refractivity contribution in [2.24, 2.45) is 0 Å². The van der Waals surface area contributed by atoms with Gasteiger partial charge in [0.15, 0.2) is 5.65 Å². The van der Waals surface area contributed by atoms with Crippen LogP contribution in [0.5, 0.6) is 0 Å². The lowest BCUT2D eigenvalue weighted by molar-refractivity contribution is -0.122. The number of carbonyl (C=O) groups excluding carboxylic acids is 1. The molecule has 3 aromatic rings. The van der Waals surface area contributed by atoms with Crippen LogP contribution in [0.25, 0.3) is 16.8 Å². The summed E-state index contributed by atoms with van der Waals surface area (Å²) in [5, 5.41) is 8.68. The van der Waals surface area contributed by atoms with Gasteiger partial charge in [0.1, 0.15) is 6.54 Å². The van der Waals surface area contributed by atoms with Gasteiger partial charge in [-0.05, 0) is 17.7 Å². The molecule has 0 radical (unpaired) electrons. The van der Waals surface area contributed by atoms with Crippen molar-refractivity contribution in [3.8, 4) is 11.1 Å². The molecule has 0 fully saturated rings. The highest BCUT2D eigenvalue weighted by atomic mass is 35.5. The number of aromatic nitrogens is 3. The van der Waals surface area contributed by atoms with Gasteiger partial charge in [0.2, 0.25) is 0 Å². The summed E-state index contributed by atoms with van der Waals surface area (Å²) in [4.78, 5) is 15.7. The van der Waals surface area contributed by atoms with Gasteiger partial charge in [-0.2, -0.15) is 18.3 Å². The minimum Gasteiger partial charge on any atom is -0.329 e. The van der Waals surface area contributed by atoms with Gasteiger partial charge in [-0.25, -0.2) is 14.3 Å². The molecular formula is C15H11ClF3N5O. The summed E-state index contributed by atoms with van der Waals surface area (Å²) in [6, 6.07) is 5.66. The van der Waals surface area contributed by atoms with E-state index >= 15 is 0 Å². The number of fused-ring (bicyclic) bond motifs is 1. The summed E-state index contributed by atoms with van der Waals surface area (Å²) in [6.07, 6.45) is 0.194. The molecule has 0 spiro atoms. The lowest BCUT2D eigenvalue weighted by Crippen LogP contribution is -2.36. The van der Waals surface area contributed by atoms with Crippen molar-refractivity contribution in [1.29, 1.82) is 0 Å². The largest absolute Gasteiger partial charge is 0.405 e. The van der Waals surface area contributed by atoms with E-state index in [9.17, 15) is 18.0 Å². The van der Waals surface area contributed by atoms with Gasteiger partial charge in [-0.1, -0.05) is 23.7 Å². The van der Waals surface area contributed by atoms with Crippen LogP contribution >= 0.6 is 11.6 Å². The fourth-order valence-corrected chi connectivity index (χ4v) is 2.32. The second-order valence-electron chi connectivity index (χ2n) is 5.10. The molecule has 0 saturated carbocycles. The van der Waals surface area contributed by atoms with Crippen LogP contribution in [0.3, 0.4) is 0 Å². The Hall–Kier alpha value is -2.81. The van der Waals surface area contributed by atoms with E-state index < -0.39 is 18.8 Å². The molecule has 3 rings (SSSR count). The zero-order valence-corrected chi connectivity index (χ0v) is 13.3. The summed E-state index contributed by atoms with van der Waals surface area (Å²) in [7, 11) is 0. The number of carbonyl (C=O) groups is 1. The van der Waals surface area contributed by atoms with Crippen LogP contribution in [0.1, 0.15) is 0 Å². The maximum atomic E-state index is 12.1. The maximum absolute atomic E-state index is 12.1. The summed E-state index contributed by atoms with van der Waals surface area (Å²) in [5.41, 5.74) is 2.28. The van der Waals surface area contributed by atoms with Crippen molar-refractivity contribution < 1.29 is 18.0 Å². The van der Waals surface area contributed by atoms with E-state index in [2.05, 4.69) is 15.4 Å². The molecule has 0 bridgehead atoms. The molecule has 2 aromatic heterocycles. The third kappa shape index (κ3) is 4.18. The smallest absolute Gasteiger partial charge is 0.329 e. The first kappa shape index (κ1) is 17.0. The number of rotatable bonds is 3. The van der Waals surface area contributed by atoms with Crippen LogP contribution in [0.2, 0.25) is 5.02 Å². The molecule has 0 aliphatic rings. The predicted molar refractivity (Wildman–Crippen MR) is 86.5 cm³/mol. The maximum Gasteiger partial charge on any atom is 0.405 e. The Kier molecular flexibility index (Phi) is 4.49. The number of nitrogens with one attached hydrogen (secondary N) is 2. The number of halogens is 4. The SMILES string of the molecule is O=C(NCC(F)(F)F)Nc1cccc(-c2cnn3cc(Cl)cnc23)c1. The van der Waals surface area contributed by atoms with E-state index in [1.807, 2.05) is 0 Å². The first-order valence-electron chi connectivity index (χ1n) is 7.03. The van der Waals surface area contributed by atoms with Gasteiger partial charge < -0.3 is 10.6 Å². The number of amides is 2. The number of urea groups is 1. The normalized spacial score (nSPS) is 11.5. The lowest BCUT2D eigenvalue weighted by Gasteiger charge is -2.10. The number of benzene rings is 1. The zero-order chi connectivity index (χ0) is 18.0. The average Bonchev–Trinajstić information content (AvgIpc) is 2.95. The van der Waals surface area contributed by atoms with Crippen molar-refractivity contribution in [2.75, 3.05) is 11.9 Å². The van der Waals surface area contributed by atoms with Gasteiger partial charge in [0, 0.05) is 17.4 Å². The Morgan fingerprint density at radius 3 is 2.84 bits per heavy atom. The molecule has 0 aliphatic carbocycles. The highest BCUT2D eigenvalue weighted by Crippen LogP contribution is 2.26. The monoisotopic (exact) mass is 369 g/mol. The van der Waals surface area contributed by atoms with Crippen LogP contribution in [0.4, 0.5) is 23.7 Å². The Balaban J connectivity index is 1.80. The Morgan fingerprint density at radius 1 is 1.28 bits per heavy atom. The Morgan fingerprint density at radius 2 is 2.08 bits per heavy atom. The molecule has 2 N–H and O–H groups in total. The van der Waals surface area contributed by atoms with E-state index in [0.717, 1.165) is 0 Å². The molecule has 2 amide bonds. The molecule has 0 saturated heterocycles.